The summed E-state index contributed by atoms with van der Waals surface area (Å²) >= 11 is 1.34. The van der Waals surface area contributed by atoms with Crippen LogP contribution in [-0.4, -0.2) is 66.6 Å². The minimum Gasteiger partial charge on any atom is -0.493 e. The summed E-state index contributed by atoms with van der Waals surface area (Å²) in [6, 6.07) is 5.24. The number of carbonyl (C=O) groups is 2. The first-order valence-electron chi connectivity index (χ1n) is 10.5. The number of hydrogen-bond donors (Lipinski definition) is 2. The third kappa shape index (κ3) is 4.62. The number of H-pyrrole nitrogens is 1. The molecule has 11 nitrogen and oxygen atoms in total. The van der Waals surface area contributed by atoms with Crippen molar-refractivity contribution in [2.45, 2.75) is 19.9 Å². The van der Waals surface area contributed by atoms with Crippen LogP contribution in [0.25, 0.3) is 11.3 Å². The first kappa shape index (κ1) is 23.4. The lowest BCUT2D eigenvalue weighted by atomic mass is 10.1. The fourth-order valence-corrected chi connectivity index (χ4v) is 4.66. The quantitative estimate of drug-likeness (QED) is 0.519. The van der Waals surface area contributed by atoms with Gasteiger partial charge < -0.3 is 23.8 Å². The summed E-state index contributed by atoms with van der Waals surface area (Å²) in [6.45, 7) is 2.92. The Kier molecular flexibility index (Phi) is 6.87. The van der Waals surface area contributed by atoms with Gasteiger partial charge in [0.1, 0.15) is 5.69 Å². The number of benzene rings is 1. The second kappa shape index (κ2) is 10.00. The normalized spacial score (nSPS) is 12.6. The van der Waals surface area contributed by atoms with Crippen LogP contribution in [0.2, 0.25) is 0 Å². The minimum absolute atomic E-state index is 0.176. The molecule has 2 amide bonds. The SMILES string of the molecule is CCOC(=O)Nc1nc2c(s1)CN(C(=O)c1cc(-c3cc(OC)c(OC)c(OC)c3)n[nH]1)CC2. The number of nitrogens with zero attached hydrogens (tertiary/aromatic N) is 3. The van der Waals surface area contributed by atoms with Crippen molar-refractivity contribution < 1.29 is 28.5 Å². The lowest BCUT2D eigenvalue weighted by Gasteiger charge is -2.25. The van der Waals surface area contributed by atoms with E-state index in [1.165, 1.54) is 32.7 Å². The Morgan fingerprint density at radius 2 is 1.88 bits per heavy atom. The van der Waals surface area contributed by atoms with Gasteiger partial charge in [0, 0.05) is 23.4 Å². The predicted molar refractivity (Wildman–Crippen MR) is 125 cm³/mol. The van der Waals surface area contributed by atoms with Crippen molar-refractivity contribution in [2.24, 2.45) is 0 Å². The van der Waals surface area contributed by atoms with Gasteiger partial charge in [0.25, 0.3) is 5.91 Å². The van der Waals surface area contributed by atoms with Gasteiger partial charge in [-0.3, -0.25) is 15.2 Å². The molecule has 2 N–H and O–H groups in total. The molecule has 0 fully saturated rings. The predicted octanol–water partition coefficient (Wildman–Crippen LogP) is 3.33. The molecule has 0 radical (unpaired) electrons. The van der Waals surface area contributed by atoms with Gasteiger partial charge in [-0.2, -0.15) is 5.10 Å². The molecule has 0 unspecified atom stereocenters. The maximum Gasteiger partial charge on any atom is 0.413 e. The van der Waals surface area contributed by atoms with Gasteiger partial charge in [0.05, 0.1) is 45.9 Å². The largest absolute Gasteiger partial charge is 0.493 e. The zero-order chi connectivity index (χ0) is 24.2. The molecule has 1 aliphatic heterocycles. The summed E-state index contributed by atoms with van der Waals surface area (Å²) in [5.74, 6) is 1.29. The van der Waals surface area contributed by atoms with E-state index in [-0.39, 0.29) is 12.5 Å². The summed E-state index contributed by atoms with van der Waals surface area (Å²) in [5.41, 5.74) is 2.52. The number of methoxy groups -OCH3 is 3. The van der Waals surface area contributed by atoms with Crippen molar-refractivity contribution in [3.8, 4) is 28.5 Å². The van der Waals surface area contributed by atoms with E-state index in [1.54, 1.807) is 30.0 Å². The molecular weight excluding hydrogens is 462 g/mol. The van der Waals surface area contributed by atoms with Crippen LogP contribution in [0.4, 0.5) is 9.93 Å². The molecule has 3 aromatic rings. The van der Waals surface area contributed by atoms with E-state index in [0.717, 1.165) is 10.6 Å². The van der Waals surface area contributed by atoms with E-state index in [4.69, 9.17) is 18.9 Å². The first-order valence-corrected chi connectivity index (χ1v) is 11.4. The van der Waals surface area contributed by atoms with E-state index in [0.29, 0.717) is 58.8 Å². The number of anilines is 1. The molecule has 0 bridgehead atoms. The number of ether oxygens (including phenoxy) is 4. The maximum absolute atomic E-state index is 13.2. The maximum atomic E-state index is 13.2. The Bertz CT molecular complexity index is 1180. The summed E-state index contributed by atoms with van der Waals surface area (Å²) in [7, 11) is 4.62. The smallest absolute Gasteiger partial charge is 0.413 e. The summed E-state index contributed by atoms with van der Waals surface area (Å²) in [5, 5.41) is 10.2. The number of amides is 2. The Morgan fingerprint density at radius 3 is 2.53 bits per heavy atom. The molecule has 3 heterocycles. The van der Waals surface area contributed by atoms with Crippen molar-refractivity contribution in [3.05, 3.63) is 34.5 Å². The molecule has 0 aliphatic carbocycles. The van der Waals surface area contributed by atoms with Crippen LogP contribution < -0.4 is 19.5 Å². The van der Waals surface area contributed by atoms with Gasteiger partial charge >= 0.3 is 6.09 Å². The van der Waals surface area contributed by atoms with Crippen LogP contribution in [0.5, 0.6) is 17.2 Å². The molecule has 0 saturated heterocycles. The summed E-state index contributed by atoms with van der Waals surface area (Å²) in [4.78, 5) is 31.9. The highest BCUT2D eigenvalue weighted by Gasteiger charge is 2.27. The van der Waals surface area contributed by atoms with Crippen molar-refractivity contribution in [1.29, 1.82) is 0 Å². The number of fused-ring (bicyclic) bond motifs is 1. The lowest BCUT2D eigenvalue weighted by molar-refractivity contribution is 0.0730. The van der Waals surface area contributed by atoms with Gasteiger partial charge in [-0.05, 0) is 25.1 Å². The van der Waals surface area contributed by atoms with E-state index in [1.807, 2.05) is 0 Å². The molecule has 4 rings (SSSR count). The van der Waals surface area contributed by atoms with E-state index in [9.17, 15) is 9.59 Å². The third-order valence-electron chi connectivity index (χ3n) is 5.27. The zero-order valence-corrected chi connectivity index (χ0v) is 20.1. The van der Waals surface area contributed by atoms with Gasteiger partial charge in [-0.1, -0.05) is 11.3 Å². The highest BCUT2D eigenvalue weighted by Crippen LogP contribution is 2.41. The van der Waals surface area contributed by atoms with Gasteiger partial charge in [-0.25, -0.2) is 9.78 Å². The van der Waals surface area contributed by atoms with Crippen molar-refractivity contribution >= 4 is 28.5 Å². The minimum atomic E-state index is -0.543. The van der Waals surface area contributed by atoms with Gasteiger partial charge in [0.15, 0.2) is 16.6 Å². The van der Waals surface area contributed by atoms with Crippen LogP contribution in [0.3, 0.4) is 0 Å². The second-order valence-electron chi connectivity index (χ2n) is 7.29. The number of aromatic amines is 1. The van der Waals surface area contributed by atoms with E-state index >= 15 is 0 Å². The molecule has 180 valence electrons. The number of thiazole rings is 1. The van der Waals surface area contributed by atoms with E-state index in [2.05, 4.69) is 20.5 Å². The molecule has 1 aliphatic rings. The van der Waals surface area contributed by atoms with Crippen LogP contribution >= 0.6 is 11.3 Å². The molecular formula is C22H25N5O6S. The zero-order valence-electron chi connectivity index (χ0n) is 19.3. The van der Waals surface area contributed by atoms with Gasteiger partial charge in [0.2, 0.25) is 5.75 Å². The summed E-state index contributed by atoms with van der Waals surface area (Å²) in [6.07, 6.45) is 0.0500. The monoisotopic (exact) mass is 487 g/mol. The number of hydrogen-bond acceptors (Lipinski definition) is 9. The molecule has 12 heteroatoms. The molecule has 0 atom stereocenters. The molecule has 0 saturated carbocycles. The number of aromatic nitrogens is 3. The number of rotatable bonds is 7. The van der Waals surface area contributed by atoms with Crippen LogP contribution in [0.15, 0.2) is 18.2 Å². The fourth-order valence-electron chi connectivity index (χ4n) is 3.66. The van der Waals surface area contributed by atoms with Crippen LogP contribution in [-0.2, 0) is 17.7 Å². The highest BCUT2D eigenvalue weighted by molar-refractivity contribution is 7.15. The Labute approximate surface area is 200 Å². The van der Waals surface area contributed by atoms with Crippen molar-refractivity contribution in [1.82, 2.24) is 20.1 Å². The molecule has 34 heavy (non-hydrogen) atoms. The number of carbonyl (C=O) groups excluding carboxylic acids is 2. The Balaban J connectivity index is 1.50. The van der Waals surface area contributed by atoms with Crippen molar-refractivity contribution in [3.63, 3.8) is 0 Å². The Hall–Kier alpha value is -3.80. The standard InChI is InChI=1S/C22H25N5O6S/c1-5-33-22(29)24-21-23-13-6-7-27(11-18(13)34-21)20(28)15-10-14(25-26-15)12-8-16(30-2)19(32-4)17(9-12)31-3/h8-10H,5-7,11H2,1-4H3,(H,25,26)(H,23,24,29). The average Bonchev–Trinajstić information content (AvgIpc) is 3.49. The second-order valence-corrected chi connectivity index (χ2v) is 8.38. The average molecular weight is 488 g/mol. The highest BCUT2D eigenvalue weighted by atomic mass is 32.1. The van der Waals surface area contributed by atoms with Gasteiger partial charge in [-0.15, -0.1) is 0 Å². The molecule has 2 aromatic heterocycles. The lowest BCUT2D eigenvalue weighted by Crippen LogP contribution is -2.35. The van der Waals surface area contributed by atoms with Crippen molar-refractivity contribution in [2.75, 3.05) is 39.8 Å². The topological polar surface area (TPSA) is 128 Å². The third-order valence-corrected chi connectivity index (χ3v) is 6.27. The van der Waals surface area contributed by atoms with Crippen LogP contribution in [0.1, 0.15) is 28.0 Å². The molecule has 0 spiro atoms. The Morgan fingerprint density at radius 1 is 1.15 bits per heavy atom. The fraction of sp³-hybridized carbons (Fsp3) is 0.364. The number of nitrogens with one attached hydrogen (secondary N) is 2. The first-order chi connectivity index (χ1) is 16.5. The van der Waals surface area contributed by atoms with Crippen LogP contribution in [0, 0.1) is 0 Å². The van der Waals surface area contributed by atoms with E-state index < -0.39 is 6.09 Å². The summed E-state index contributed by atoms with van der Waals surface area (Å²) < 4.78 is 21.1. The molecule has 1 aromatic carbocycles.